The summed E-state index contributed by atoms with van der Waals surface area (Å²) in [6, 6.07) is 10.8. The van der Waals surface area contributed by atoms with E-state index in [1.807, 2.05) is 0 Å². The fourth-order valence-electron chi connectivity index (χ4n) is 3.49. The van der Waals surface area contributed by atoms with Gasteiger partial charge in [-0.3, -0.25) is 9.59 Å². The first-order valence-corrected chi connectivity index (χ1v) is 12.1. The Bertz CT molecular complexity index is 1380. The zero-order valence-electron chi connectivity index (χ0n) is 19.5. The number of carbonyl (C=O) groups is 2. The zero-order valence-corrected chi connectivity index (χ0v) is 21.8. The number of nitrogens with one attached hydrogen (secondary N) is 2. The third kappa shape index (κ3) is 6.02. The number of halogens is 4. The third-order valence-electron chi connectivity index (χ3n) is 5.38. The van der Waals surface area contributed by atoms with Gasteiger partial charge in [-0.1, -0.05) is 53.0 Å². The number of aliphatic imine (C=N–C) groups is 1. The summed E-state index contributed by atoms with van der Waals surface area (Å²) < 4.78 is 24.7. The molecule has 0 spiro atoms. The molecule has 0 bridgehead atoms. The molecular formula is C25H20Cl3FN4O4. The number of nitrogens with zero attached hydrogens (tertiary/aromatic N) is 2. The predicted octanol–water partition coefficient (Wildman–Crippen LogP) is 5.14. The van der Waals surface area contributed by atoms with Gasteiger partial charge in [0, 0.05) is 23.3 Å². The van der Waals surface area contributed by atoms with Gasteiger partial charge in [0.25, 0.3) is 11.8 Å². The lowest BCUT2D eigenvalue weighted by molar-refractivity contribution is -0.117. The Morgan fingerprint density at radius 3 is 2.59 bits per heavy atom. The number of amides is 2. The molecule has 4 rings (SSSR count). The van der Waals surface area contributed by atoms with Crippen LogP contribution in [0, 0.1) is 5.82 Å². The van der Waals surface area contributed by atoms with Crippen LogP contribution >= 0.6 is 34.8 Å². The number of benzodiazepines with no additional fused rings is 1. The second-order valence-electron chi connectivity index (χ2n) is 8.00. The quantitative estimate of drug-likeness (QED) is 0.413. The zero-order chi connectivity index (χ0) is 26.7. The minimum absolute atomic E-state index is 0.0600. The molecule has 2 aromatic carbocycles. The molecule has 192 valence electrons. The third-order valence-corrected chi connectivity index (χ3v) is 6.19. The van der Waals surface area contributed by atoms with E-state index in [0.717, 1.165) is 12.3 Å². The second kappa shape index (κ2) is 11.4. The molecule has 3 aromatic rings. The van der Waals surface area contributed by atoms with Crippen LogP contribution in [0.1, 0.15) is 28.4 Å². The van der Waals surface area contributed by atoms with E-state index in [1.165, 1.54) is 19.2 Å². The molecule has 0 radical (unpaired) electrons. The molecule has 0 fully saturated rings. The van der Waals surface area contributed by atoms with Crippen LogP contribution in [0.4, 0.5) is 10.1 Å². The number of ether oxygens (including phenoxy) is 2. The molecular weight excluding hydrogens is 546 g/mol. The fourth-order valence-corrected chi connectivity index (χ4v) is 4.49. The first kappa shape index (κ1) is 26.8. The van der Waals surface area contributed by atoms with Crippen molar-refractivity contribution in [3.63, 3.8) is 0 Å². The van der Waals surface area contributed by atoms with Crippen LogP contribution in [0.15, 0.2) is 53.7 Å². The standard InChI is InChI=1S/C25H20Cl3FN4O4/c1-12(36-2)11-37-25-16(9-14(29)10-30-25)23(34)33-22-24(35)31-19-6-4-3-5-15(19)21(32-22)20-17(27)7-13(26)8-18(20)28/h3-10,12,22H,11H2,1-2H3,(H,31,35)(H,33,34). The maximum atomic E-state index is 14.0. The second-order valence-corrected chi connectivity index (χ2v) is 9.25. The molecule has 0 aliphatic carbocycles. The van der Waals surface area contributed by atoms with E-state index in [0.29, 0.717) is 21.8 Å². The van der Waals surface area contributed by atoms with Crippen molar-refractivity contribution in [3.05, 3.63) is 86.2 Å². The number of carbonyl (C=O) groups excluding carboxylic acids is 2. The Labute approximate surface area is 226 Å². The average Bonchev–Trinajstić information content (AvgIpc) is 2.98. The number of aromatic nitrogens is 1. The van der Waals surface area contributed by atoms with Gasteiger partial charge in [-0.05, 0) is 31.2 Å². The highest BCUT2D eigenvalue weighted by molar-refractivity contribution is 6.44. The number of rotatable bonds is 7. The Morgan fingerprint density at radius 2 is 1.89 bits per heavy atom. The molecule has 2 atom stereocenters. The average molecular weight is 566 g/mol. The number of fused-ring (bicyclic) bond motifs is 1. The molecule has 2 amide bonds. The van der Waals surface area contributed by atoms with Crippen LogP contribution in [0.25, 0.3) is 0 Å². The van der Waals surface area contributed by atoms with E-state index in [9.17, 15) is 14.0 Å². The summed E-state index contributed by atoms with van der Waals surface area (Å²) in [5, 5.41) is 5.95. The highest BCUT2D eigenvalue weighted by Gasteiger charge is 2.30. The van der Waals surface area contributed by atoms with Crippen LogP contribution in [0.5, 0.6) is 5.88 Å². The highest BCUT2D eigenvalue weighted by Crippen LogP contribution is 2.34. The molecule has 2 N–H and O–H groups in total. The van der Waals surface area contributed by atoms with E-state index < -0.39 is 23.8 Å². The van der Waals surface area contributed by atoms with E-state index in [4.69, 9.17) is 44.3 Å². The largest absolute Gasteiger partial charge is 0.474 e. The molecule has 2 unspecified atom stereocenters. The van der Waals surface area contributed by atoms with Crippen LogP contribution in [-0.2, 0) is 9.53 Å². The lowest BCUT2D eigenvalue weighted by Gasteiger charge is -2.16. The SMILES string of the molecule is COC(C)COc1ncc(F)cc1C(=O)NC1N=C(c2c(Cl)cc(Cl)cc2Cl)c2ccccc2NC1=O. The minimum Gasteiger partial charge on any atom is -0.474 e. The smallest absolute Gasteiger partial charge is 0.269 e. The van der Waals surface area contributed by atoms with Gasteiger partial charge in [0.2, 0.25) is 12.0 Å². The van der Waals surface area contributed by atoms with Crippen molar-refractivity contribution < 1.29 is 23.5 Å². The number of para-hydroxylation sites is 1. The summed E-state index contributed by atoms with van der Waals surface area (Å²) in [5.74, 6) is -2.38. The van der Waals surface area contributed by atoms with E-state index >= 15 is 0 Å². The number of benzene rings is 2. The number of hydrogen-bond acceptors (Lipinski definition) is 6. The van der Waals surface area contributed by atoms with Crippen LogP contribution < -0.4 is 15.4 Å². The van der Waals surface area contributed by atoms with Crippen molar-refractivity contribution in [1.29, 1.82) is 0 Å². The molecule has 0 saturated carbocycles. The maximum Gasteiger partial charge on any atom is 0.269 e. The molecule has 2 heterocycles. The van der Waals surface area contributed by atoms with Gasteiger partial charge >= 0.3 is 0 Å². The topological polar surface area (TPSA) is 102 Å². The Hall–Kier alpha value is -3.24. The summed E-state index contributed by atoms with van der Waals surface area (Å²) in [5.41, 5.74) is 1.28. The normalized spacial score (nSPS) is 15.7. The Kier molecular flexibility index (Phi) is 8.29. The summed E-state index contributed by atoms with van der Waals surface area (Å²) in [6.07, 6.45) is -0.832. The summed E-state index contributed by atoms with van der Waals surface area (Å²) in [4.78, 5) is 34.7. The number of anilines is 1. The molecule has 1 aromatic heterocycles. The Morgan fingerprint density at radius 1 is 1.19 bits per heavy atom. The summed E-state index contributed by atoms with van der Waals surface area (Å²) in [6.45, 7) is 1.81. The number of methoxy groups -OCH3 is 1. The fraction of sp³-hybridized carbons (Fsp3) is 0.200. The lowest BCUT2D eigenvalue weighted by atomic mass is 10.0. The van der Waals surface area contributed by atoms with Gasteiger partial charge in [-0.15, -0.1) is 0 Å². The van der Waals surface area contributed by atoms with Gasteiger partial charge in [0.1, 0.15) is 18.0 Å². The number of hydrogen-bond donors (Lipinski definition) is 2. The first-order chi connectivity index (χ1) is 17.7. The molecule has 12 heteroatoms. The Balaban J connectivity index is 1.74. The summed E-state index contributed by atoms with van der Waals surface area (Å²) in [7, 11) is 1.50. The highest BCUT2D eigenvalue weighted by atomic mass is 35.5. The van der Waals surface area contributed by atoms with Gasteiger partial charge in [-0.25, -0.2) is 14.4 Å². The van der Waals surface area contributed by atoms with Gasteiger partial charge in [-0.2, -0.15) is 0 Å². The molecule has 1 aliphatic heterocycles. The maximum absolute atomic E-state index is 14.0. The molecule has 8 nitrogen and oxygen atoms in total. The summed E-state index contributed by atoms with van der Waals surface area (Å²) >= 11 is 19.0. The van der Waals surface area contributed by atoms with Crippen LogP contribution in [-0.4, -0.2) is 48.5 Å². The van der Waals surface area contributed by atoms with E-state index in [1.54, 1.807) is 31.2 Å². The number of pyridine rings is 1. The van der Waals surface area contributed by atoms with Crippen molar-refractivity contribution in [2.24, 2.45) is 4.99 Å². The van der Waals surface area contributed by atoms with Crippen LogP contribution in [0.2, 0.25) is 15.1 Å². The molecule has 0 saturated heterocycles. The first-order valence-electron chi connectivity index (χ1n) is 10.9. The minimum atomic E-state index is -1.44. The predicted molar refractivity (Wildman–Crippen MR) is 140 cm³/mol. The molecule has 1 aliphatic rings. The van der Waals surface area contributed by atoms with Crippen molar-refractivity contribution in [3.8, 4) is 5.88 Å². The monoisotopic (exact) mass is 564 g/mol. The van der Waals surface area contributed by atoms with Crippen LogP contribution in [0.3, 0.4) is 0 Å². The van der Waals surface area contributed by atoms with Crippen molar-refractivity contribution in [1.82, 2.24) is 10.3 Å². The van der Waals surface area contributed by atoms with E-state index in [2.05, 4.69) is 20.6 Å². The van der Waals surface area contributed by atoms with Gasteiger partial charge < -0.3 is 20.1 Å². The van der Waals surface area contributed by atoms with Crippen molar-refractivity contribution in [2.75, 3.05) is 19.0 Å². The van der Waals surface area contributed by atoms with Crippen molar-refractivity contribution >= 4 is 58.0 Å². The molecule has 37 heavy (non-hydrogen) atoms. The van der Waals surface area contributed by atoms with Gasteiger partial charge in [0.15, 0.2) is 0 Å². The lowest BCUT2D eigenvalue weighted by Crippen LogP contribution is -2.42. The van der Waals surface area contributed by atoms with Gasteiger partial charge in [0.05, 0.1) is 33.7 Å². The van der Waals surface area contributed by atoms with Crippen molar-refractivity contribution in [2.45, 2.75) is 19.2 Å². The van der Waals surface area contributed by atoms with E-state index in [-0.39, 0.29) is 39.9 Å².